The van der Waals surface area contributed by atoms with E-state index in [1.165, 1.54) is 5.56 Å². The van der Waals surface area contributed by atoms with Crippen molar-refractivity contribution < 1.29 is 9.84 Å². The van der Waals surface area contributed by atoms with E-state index in [4.69, 9.17) is 10.5 Å². The van der Waals surface area contributed by atoms with E-state index in [2.05, 4.69) is 16.0 Å². The van der Waals surface area contributed by atoms with Crippen LogP contribution in [0.5, 0.6) is 0 Å². The number of aromatic nitrogens is 1. The second kappa shape index (κ2) is 6.08. The van der Waals surface area contributed by atoms with Gasteiger partial charge in [-0.15, -0.1) is 0 Å². The van der Waals surface area contributed by atoms with Crippen molar-refractivity contribution in [3.63, 3.8) is 0 Å². The Bertz CT molecular complexity index is 460. The van der Waals surface area contributed by atoms with Crippen LogP contribution in [0, 0.1) is 0 Å². The lowest BCUT2D eigenvalue weighted by molar-refractivity contribution is 0.152. The third kappa shape index (κ3) is 2.80. The quantitative estimate of drug-likeness (QED) is 0.863. The van der Waals surface area contributed by atoms with Crippen molar-refractivity contribution in [1.29, 1.82) is 0 Å². The van der Waals surface area contributed by atoms with Gasteiger partial charge in [0.15, 0.2) is 0 Å². The highest BCUT2D eigenvalue weighted by Crippen LogP contribution is 2.29. The molecule has 0 aromatic carbocycles. The number of hydrogen-bond acceptors (Lipinski definition) is 5. The maximum Gasteiger partial charge on any atom is 0.123 e. The van der Waals surface area contributed by atoms with Gasteiger partial charge in [0.05, 0.1) is 18.9 Å². The SMILES string of the molecule is Nc1ccc(C2CCOC2)c(CN2CCC[C@@H]2CO)n1. The van der Waals surface area contributed by atoms with E-state index in [1.807, 2.05) is 6.07 Å². The minimum Gasteiger partial charge on any atom is -0.395 e. The number of aliphatic hydroxyl groups excluding tert-OH is 1. The van der Waals surface area contributed by atoms with Crippen molar-refractivity contribution >= 4 is 5.82 Å². The van der Waals surface area contributed by atoms with Gasteiger partial charge in [0, 0.05) is 25.1 Å². The zero-order valence-electron chi connectivity index (χ0n) is 11.8. The van der Waals surface area contributed by atoms with E-state index in [9.17, 15) is 5.11 Å². The Kier molecular flexibility index (Phi) is 4.19. The van der Waals surface area contributed by atoms with Gasteiger partial charge in [-0.3, -0.25) is 4.90 Å². The van der Waals surface area contributed by atoms with Crippen LogP contribution in [0.3, 0.4) is 0 Å². The number of likely N-dealkylation sites (tertiary alicyclic amines) is 1. The van der Waals surface area contributed by atoms with Crippen molar-refractivity contribution in [3.05, 3.63) is 23.4 Å². The summed E-state index contributed by atoms with van der Waals surface area (Å²) in [5.74, 6) is 1.01. The van der Waals surface area contributed by atoms with Crippen molar-refractivity contribution in [2.75, 3.05) is 32.1 Å². The van der Waals surface area contributed by atoms with Crippen molar-refractivity contribution in [2.24, 2.45) is 0 Å². The van der Waals surface area contributed by atoms with Crippen LogP contribution in [-0.2, 0) is 11.3 Å². The second-order valence-corrected chi connectivity index (χ2v) is 5.78. The Morgan fingerprint density at radius 3 is 3.05 bits per heavy atom. The molecule has 3 heterocycles. The Labute approximate surface area is 119 Å². The van der Waals surface area contributed by atoms with Gasteiger partial charge in [-0.25, -0.2) is 4.98 Å². The molecule has 1 aromatic rings. The Morgan fingerprint density at radius 2 is 2.30 bits per heavy atom. The first-order valence-electron chi connectivity index (χ1n) is 7.46. The van der Waals surface area contributed by atoms with Crippen LogP contribution >= 0.6 is 0 Å². The van der Waals surface area contributed by atoms with Gasteiger partial charge in [0.2, 0.25) is 0 Å². The van der Waals surface area contributed by atoms with Crippen LogP contribution in [0.25, 0.3) is 0 Å². The molecule has 2 atom stereocenters. The molecule has 0 radical (unpaired) electrons. The van der Waals surface area contributed by atoms with E-state index in [0.29, 0.717) is 11.7 Å². The predicted molar refractivity (Wildman–Crippen MR) is 77.3 cm³/mol. The number of anilines is 1. The Morgan fingerprint density at radius 1 is 1.40 bits per heavy atom. The molecule has 5 heteroatoms. The van der Waals surface area contributed by atoms with E-state index in [-0.39, 0.29) is 12.6 Å². The molecule has 3 N–H and O–H groups in total. The lowest BCUT2D eigenvalue weighted by Gasteiger charge is -2.24. The van der Waals surface area contributed by atoms with E-state index in [0.717, 1.165) is 51.3 Å². The maximum atomic E-state index is 9.44. The van der Waals surface area contributed by atoms with Crippen LogP contribution in [0.15, 0.2) is 12.1 Å². The monoisotopic (exact) mass is 277 g/mol. The number of pyridine rings is 1. The average Bonchev–Trinajstić information content (AvgIpc) is 3.10. The fourth-order valence-corrected chi connectivity index (χ4v) is 3.31. The first-order chi connectivity index (χ1) is 9.78. The van der Waals surface area contributed by atoms with Gasteiger partial charge < -0.3 is 15.6 Å². The Hall–Kier alpha value is -1.17. The summed E-state index contributed by atoms with van der Waals surface area (Å²) >= 11 is 0. The van der Waals surface area contributed by atoms with Crippen molar-refractivity contribution in [1.82, 2.24) is 9.88 Å². The zero-order valence-corrected chi connectivity index (χ0v) is 11.8. The van der Waals surface area contributed by atoms with Crippen LogP contribution in [-0.4, -0.2) is 47.4 Å². The fourth-order valence-electron chi connectivity index (χ4n) is 3.31. The average molecular weight is 277 g/mol. The molecule has 1 aromatic heterocycles. The standard InChI is InChI=1S/C15H23N3O2/c16-15-4-3-13(11-5-7-20-10-11)14(17-15)8-18-6-1-2-12(18)9-19/h3-4,11-12,19H,1-2,5-10H2,(H2,16,17)/t11?,12-/m1/s1. The van der Waals surface area contributed by atoms with Gasteiger partial charge in [0.25, 0.3) is 0 Å². The highest BCUT2D eigenvalue weighted by Gasteiger charge is 2.27. The first-order valence-corrected chi connectivity index (χ1v) is 7.46. The number of nitrogens with two attached hydrogens (primary N) is 1. The first kappa shape index (κ1) is 13.8. The van der Waals surface area contributed by atoms with Crippen LogP contribution in [0.1, 0.15) is 36.4 Å². The van der Waals surface area contributed by atoms with Gasteiger partial charge in [-0.2, -0.15) is 0 Å². The molecular formula is C15H23N3O2. The largest absolute Gasteiger partial charge is 0.395 e. The maximum absolute atomic E-state index is 9.44. The number of nitrogen functional groups attached to an aromatic ring is 1. The molecule has 20 heavy (non-hydrogen) atoms. The minimum absolute atomic E-state index is 0.226. The highest BCUT2D eigenvalue weighted by atomic mass is 16.5. The molecule has 2 aliphatic heterocycles. The molecule has 2 aliphatic rings. The summed E-state index contributed by atoms with van der Waals surface area (Å²) in [6.07, 6.45) is 3.28. The third-order valence-electron chi connectivity index (χ3n) is 4.46. The third-order valence-corrected chi connectivity index (χ3v) is 4.46. The van der Waals surface area contributed by atoms with Gasteiger partial charge in [-0.05, 0) is 37.4 Å². The van der Waals surface area contributed by atoms with Crippen molar-refractivity contribution in [2.45, 2.75) is 37.8 Å². The molecule has 0 aliphatic carbocycles. The van der Waals surface area contributed by atoms with Crippen LogP contribution < -0.4 is 5.73 Å². The van der Waals surface area contributed by atoms with Crippen LogP contribution in [0.4, 0.5) is 5.82 Å². The summed E-state index contributed by atoms with van der Waals surface area (Å²) in [7, 11) is 0. The smallest absolute Gasteiger partial charge is 0.123 e. The van der Waals surface area contributed by atoms with E-state index >= 15 is 0 Å². The minimum atomic E-state index is 0.226. The summed E-state index contributed by atoms with van der Waals surface area (Å²) in [6, 6.07) is 4.25. The van der Waals surface area contributed by atoms with Gasteiger partial charge in [0.1, 0.15) is 5.82 Å². The summed E-state index contributed by atoms with van der Waals surface area (Å²) in [6.45, 7) is 3.65. The number of hydrogen-bond donors (Lipinski definition) is 2. The van der Waals surface area contributed by atoms with Gasteiger partial charge >= 0.3 is 0 Å². The van der Waals surface area contributed by atoms with Crippen LogP contribution in [0.2, 0.25) is 0 Å². The summed E-state index contributed by atoms with van der Waals surface area (Å²) in [5.41, 5.74) is 8.18. The molecule has 2 fully saturated rings. The highest BCUT2D eigenvalue weighted by molar-refractivity contribution is 5.36. The number of rotatable bonds is 4. The lowest BCUT2D eigenvalue weighted by atomic mass is 9.96. The van der Waals surface area contributed by atoms with Crippen molar-refractivity contribution in [3.8, 4) is 0 Å². The molecule has 0 spiro atoms. The summed E-state index contributed by atoms with van der Waals surface area (Å²) < 4.78 is 5.50. The predicted octanol–water partition coefficient (Wildman–Crippen LogP) is 1.12. The second-order valence-electron chi connectivity index (χ2n) is 5.78. The van der Waals surface area contributed by atoms with E-state index < -0.39 is 0 Å². The molecule has 3 rings (SSSR count). The molecule has 0 bridgehead atoms. The fraction of sp³-hybridized carbons (Fsp3) is 0.667. The van der Waals surface area contributed by atoms with E-state index in [1.54, 1.807) is 0 Å². The molecule has 5 nitrogen and oxygen atoms in total. The molecule has 0 saturated carbocycles. The number of ether oxygens (including phenoxy) is 1. The number of nitrogens with zero attached hydrogens (tertiary/aromatic N) is 2. The molecular weight excluding hydrogens is 254 g/mol. The molecule has 1 unspecified atom stereocenters. The summed E-state index contributed by atoms with van der Waals surface area (Å²) in [5, 5.41) is 9.44. The summed E-state index contributed by atoms with van der Waals surface area (Å²) in [4.78, 5) is 6.87. The zero-order chi connectivity index (χ0) is 13.9. The normalized spacial score (nSPS) is 27.2. The molecule has 0 amide bonds. The van der Waals surface area contributed by atoms with Gasteiger partial charge in [-0.1, -0.05) is 6.07 Å². The molecule has 110 valence electrons. The Balaban J connectivity index is 1.81. The molecule has 2 saturated heterocycles. The topological polar surface area (TPSA) is 71.6 Å². The number of aliphatic hydroxyl groups is 1. The lowest BCUT2D eigenvalue weighted by Crippen LogP contribution is -2.32.